The smallest absolute Gasteiger partial charge is 0.407 e. The number of carbonyl (C=O) groups excluding carboxylic acids is 2. The summed E-state index contributed by atoms with van der Waals surface area (Å²) in [5.41, 5.74) is 5.01. The molecular weight excluding hydrogens is 526 g/mol. The first-order valence-electron chi connectivity index (χ1n) is 13.0. The Morgan fingerprint density at radius 2 is 1.98 bits per heavy atom. The van der Waals surface area contributed by atoms with E-state index < -0.39 is 12.2 Å². The molecule has 0 spiro atoms. The number of hydrogen-bond acceptors (Lipinski definition) is 9. The van der Waals surface area contributed by atoms with Crippen LogP contribution in [-0.2, 0) is 16.0 Å². The Bertz CT molecular complexity index is 1090. The van der Waals surface area contributed by atoms with E-state index in [0.29, 0.717) is 26.6 Å². The lowest BCUT2D eigenvalue weighted by Crippen LogP contribution is -2.40. The predicted octanol–water partition coefficient (Wildman–Crippen LogP) is 3.32. The van der Waals surface area contributed by atoms with Crippen molar-refractivity contribution in [3.05, 3.63) is 59.9 Å². The highest BCUT2D eigenvalue weighted by Crippen LogP contribution is 2.17. The molecule has 2 heterocycles. The molecule has 0 bridgehead atoms. The summed E-state index contributed by atoms with van der Waals surface area (Å²) in [6.07, 6.45) is 5.93. The molecule has 2 amide bonds. The van der Waals surface area contributed by atoms with Crippen molar-refractivity contribution in [2.75, 3.05) is 33.3 Å². The fourth-order valence-electron chi connectivity index (χ4n) is 3.34. The van der Waals surface area contributed by atoms with E-state index in [1.165, 1.54) is 12.2 Å². The number of alkyl carbamates (subject to hydrolysis) is 1. The third kappa shape index (κ3) is 12.7. The SMILES string of the molecule is C=C(/C=C\C=C(/C)CNC(=O)c1cn(CCCCN2C=C(CNC(=O)OCC(C)C)NN2C)nn1)OC(C)(F)F. The van der Waals surface area contributed by atoms with Crippen LogP contribution in [0.2, 0.25) is 0 Å². The molecule has 1 aromatic heterocycles. The van der Waals surface area contributed by atoms with Gasteiger partial charge in [0.1, 0.15) is 5.76 Å². The van der Waals surface area contributed by atoms with Crippen molar-refractivity contribution in [1.82, 2.24) is 41.2 Å². The number of unbranched alkanes of at least 4 members (excludes halogenated alkanes) is 1. The number of halogens is 2. The Hall–Kier alpha value is -3.94. The molecule has 12 nitrogen and oxygen atoms in total. The normalized spacial score (nSPS) is 14.3. The molecule has 0 atom stereocenters. The van der Waals surface area contributed by atoms with Gasteiger partial charge in [-0.15, -0.1) is 10.2 Å². The van der Waals surface area contributed by atoms with Crippen LogP contribution < -0.4 is 16.1 Å². The Labute approximate surface area is 233 Å². The summed E-state index contributed by atoms with van der Waals surface area (Å²) in [4.78, 5) is 24.1. The van der Waals surface area contributed by atoms with Crippen LogP contribution in [-0.4, -0.2) is 76.5 Å². The maximum Gasteiger partial charge on any atom is 0.407 e. The van der Waals surface area contributed by atoms with Gasteiger partial charge in [-0.05, 0) is 31.8 Å². The molecule has 14 heteroatoms. The molecule has 40 heavy (non-hydrogen) atoms. The van der Waals surface area contributed by atoms with Crippen LogP contribution in [0.3, 0.4) is 0 Å². The molecule has 1 aromatic rings. The van der Waals surface area contributed by atoms with Crippen LogP contribution in [0.4, 0.5) is 13.6 Å². The average molecular weight is 567 g/mol. The molecule has 1 aliphatic heterocycles. The van der Waals surface area contributed by atoms with Gasteiger partial charge in [-0.2, -0.15) is 8.78 Å². The maximum atomic E-state index is 12.8. The predicted molar refractivity (Wildman–Crippen MR) is 145 cm³/mol. The van der Waals surface area contributed by atoms with Crippen LogP contribution >= 0.6 is 0 Å². The van der Waals surface area contributed by atoms with Gasteiger partial charge < -0.3 is 25.5 Å². The first-order valence-corrected chi connectivity index (χ1v) is 13.0. The number of aromatic nitrogens is 3. The van der Waals surface area contributed by atoms with Crippen molar-refractivity contribution in [3.8, 4) is 0 Å². The van der Waals surface area contributed by atoms with E-state index in [0.717, 1.165) is 30.7 Å². The Balaban J connectivity index is 1.68. The summed E-state index contributed by atoms with van der Waals surface area (Å²) in [5, 5.41) is 17.3. The number of ether oxygens (including phenoxy) is 2. The molecule has 0 unspecified atom stereocenters. The molecule has 3 N–H and O–H groups in total. The number of rotatable bonds is 16. The summed E-state index contributed by atoms with van der Waals surface area (Å²) in [6.45, 7) is 12.0. The van der Waals surface area contributed by atoms with Crippen molar-refractivity contribution >= 4 is 12.0 Å². The highest BCUT2D eigenvalue weighted by atomic mass is 19.3. The quantitative estimate of drug-likeness (QED) is 0.157. The number of allylic oxidation sites excluding steroid dienone is 3. The molecule has 0 fully saturated rings. The molecule has 222 valence electrons. The van der Waals surface area contributed by atoms with Crippen LogP contribution in [0.25, 0.3) is 0 Å². The van der Waals surface area contributed by atoms with Crippen LogP contribution in [0.15, 0.2) is 54.2 Å². The number of alkyl halides is 2. The second-order valence-electron chi connectivity index (χ2n) is 9.80. The molecule has 0 aromatic carbocycles. The number of amides is 2. The zero-order chi connectivity index (χ0) is 29.7. The number of nitrogens with one attached hydrogen (secondary N) is 3. The molecule has 2 rings (SSSR count). The Morgan fingerprint density at radius 3 is 2.67 bits per heavy atom. The number of nitrogens with zero attached hydrogens (tertiary/aromatic N) is 5. The second kappa shape index (κ2) is 15.6. The zero-order valence-corrected chi connectivity index (χ0v) is 23.7. The third-order valence-corrected chi connectivity index (χ3v) is 5.26. The lowest BCUT2D eigenvalue weighted by molar-refractivity contribution is -0.194. The summed E-state index contributed by atoms with van der Waals surface area (Å²) < 4.78 is 36.6. The zero-order valence-electron chi connectivity index (χ0n) is 23.7. The molecule has 1 aliphatic rings. The van der Waals surface area contributed by atoms with Gasteiger partial charge in [-0.3, -0.25) is 14.5 Å². The van der Waals surface area contributed by atoms with E-state index in [9.17, 15) is 18.4 Å². The van der Waals surface area contributed by atoms with Gasteiger partial charge in [-0.1, -0.05) is 43.4 Å². The van der Waals surface area contributed by atoms with Crippen LogP contribution in [0.1, 0.15) is 51.0 Å². The maximum absolute atomic E-state index is 12.8. The van der Waals surface area contributed by atoms with Gasteiger partial charge in [-0.25, -0.2) is 4.79 Å². The van der Waals surface area contributed by atoms with Crippen molar-refractivity contribution in [2.24, 2.45) is 5.92 Å². The first kappa shape index (κ1) is 32.3. The van der Waals surface area contributed by atoms with E-state index in [1.807, 2.05) is 37.2 Å². The van der Waals surface area contributed by atoms with Crippen molar-refractivity contribution in [1.29, 1.82) is 0 Å². The van der Waals surface area contributed by atoms with E-state index in [1.54, 1.807) is 23.9 Å². The third-order valence-electron chi connectivity index (χ3n) is 5.26. The molecule has 0 radical (unpaired) electrons. The lowest BCUT2D eigenvalue weighted by atomic mass is 10.2. The largest absolute Gasteiger partial charge is 0.449 e. The summed E-state index contributed by atoms with van der Waals surface area (Å²) in [6, 6.07) is 0. The van der Waals surface area contributed by atoms with E-state index in [2.05, 4.69) is 37.7 Å². The fourth-order valence-corrected chi connectivity index (χ4v) is 3.34. The van der Waals surface area contributed by atoms with Crippen LogP contribution in [0.5, 0.6) is 0 Å². The molecule has 0 saturated heterocycles. The molecule has 0 aliphatic carbocycles. The minimum atomic E-state index is -3.29. The topological polar surface area (TPSA) is 126 Å². The van der Waals surface area contributed by atoms with Gasteiger partial charge in [0.25, 0.3) is 5.91 Å². The average Bonchev–Trinajstić information content (AvgIpc) is 3.48. The lowest BCUT2D eigenvalue weighted by Gasteiger charge is -2.24. The van der Waals surface area contributed by atoms with E-state index >= 15 is 0 Å². The van der Waals surface area contributed by atoms with Crippen molar-refractivity contribution in [2.45, 2.75) is 53.2 Å². The van der Waals surface area contributed by atoms with Gasteiger partial charge in [0.15, 0.2) is 5.69 Å². The van der Waals surface area contributed by atoms with Gasteiger partial charge in [0.05, 0.1) is 25.0 Å². The highest BCUT2D eigenvalue weighted by molar-refractivity contribution is 5.91. The number of hydrogen-bond donors (Lipinski definition) is 3. The number of aryl methyl sites for hydroxylation is 1. The highest BCUT2D eigenvalue weighted by Gasteiger charge is 2.22. The summed E-state index contributed by atoms with van der Waals surface area (Å²) in [7, 11) is 1.88. The molecular formula is C26H40F2N8O4. The van der Waals surface area contributed by atoms with Gasteiger partial charge in [0, 0.05) is 39.8 Å². The minimum absolute atomic E-state index is 0.170. The van der Waals surface area contributed by atoms with E-state index in [4.69, 9.17) is 4.74 Å². The van der Waals surface area contributed by atoms with Gasteiger partial charge >= 0.3 is 12.2 Å². The standard InChI is InChI=1S/C26H40F2N8O4/c1-19(2)18-39-25(38)30-15-22-16-36(34(6)32-22)13-8-7-12-35-17-23(31-33-35)24(37)29-14-20(3)10-9-11-21(4)40-26(5,27)28/h9-11,16-17,19,32H,4,7-8,12-15,18H2,1-3,5-6H3,(H,29,37)(H,30,38)/b11-9-,20-10+. The summed E-state index contributed by atoms with van der Waals surface area (Å²) in [5.74, 6) is -0.262. The van der Waals surface area contributed by atoms with Crippen LogP contribution in [0, 0.1) is 5.92 Å². The van der Waals surface area contributed by atoms with Crippen molar-refractivity contribution < 1.29 is 27.8 Å². The summed E-state index contributed by atoms with van der Waals surface area (Å²) >= 11 is 0. The first-order chi connectivity index (χ1) is 18.8. The second-order valence-corrected chi connectivity index (χ2v) is 9.80. The molecule has 0 saturated carbocycles. The number of carbonyl (C=O) groups is 2. The van der Waals surface area contributed by atoms with Crippen molar-refractivity contribution in [3.63, 3.8) is 0 Å². The monoisotopic (exact) mass is 566 g/mol. The van der Waals surface area contributed by atoms with E-state index in [-0.39, 0.29) is 29.8 Å². The Kier molecular flexibility index (Phi) is 12.6. The number of hydrazine groups is 2. The minimum Gasteiger partial charge on any atom is -0.449 e. The van der Waals surface area contributed by atoms with Gasteiger partial charge in [0.2, 0.25) is 0 Å². The fraction of sp³-hybridized carbons (Fsp3) is 0.538. The Morgan fingerprint density at radius 1 is 1.25 bits per heavy atom.